The van der Waals surface area contributed by atoms with Crippen LogP contribution in [0.3, 0.4) is 0 Å². The van der Waals surface area contributed by atoms with Crippen molar-refractivity contribution in [3.05, 3.63) is 12.2 Å². The Kier molecular flexibility index (Phi) is 6.34. The molecule has 3 heteroatoms. The van der Waals surface area contributed by atoms with E-state index in [9.17, 15) is 4.79 Å². The maximum atomic E-state index is 11.3. The first-order valence-corrected chi connectivity index (χ1v) is 5.87. The predicted molar refractivity (Wildman–Crippen MR) is 67.3 cm³/mol. The summed E-state index contributed by atoms with van der Waals surface area (Å²) in [6.07, 6.45) is 0. The van der Waals surface area contributed by atoms with Crippen LogP contribution in [0.1, 0.15) is 41.5 Å². The molecule has 0 N–H and O–H groups in total. The third-order valence-corrected chi connectivity index (χ3v) is 2.51. The molecule has 0 aromatic carbocycles. The first kappa shape index (κ1) is 15.2. The van der Waals surface area contributed by atoms with Crippen LogP contribution in [-0.4, -0.2) is 35.6 Å². The molecule has 0 aromatic rings. The lowest BCUT2D eigenvalue weighted by molar-refractivity contribution is -0.141. The molecule has 0 amide bonds. The van der Waals surface area contributed by atoms with Crippen LogP contribution in [0, 0.1) is 0 Å². The van der Waals surface area contributed by atoms with Gasteiger partial charge in [-0.2, -0.15) is 0 Å². The highest BCUT2D eigenvalue weighted by molar-refractivity contribution is 5.86. The number of hydrogen-bond acceptors (Lipinski definition) is 3. The van der Waals surface area contributed by atoms with Crippen molar-refractivity contribution in [3.63, 3.8) is 0 Å². The molecule has 16 heavy (non-hydrogen) atoms. The molecule has 1 unspecified atom stereocenters. The van der Waals surface area contributed by atoms with Crippen LogP contribution in [0.2, 0.25) is 0 Å². The van der Waals surface area contributed by atoms with Gasteiger partial charge in [-0.3, -0.25) is 4.90 Å². The van der Waals surface area contributed by atoms with Gasteiger partial charge in [0, 0.05) is 23.7 Å². The van der Waals surface area contributed by atoms with E-state index in [0.29, 0.717) is 24.3 Å². The van der Waals surface area contributed by atoms with Crippen LogP contribution in [-0.2, 0) is 9.53 Å². The van der Waals surface area contributed by atoms with Crippen LogP contribution in [0.15, 0.2) is 12.2 Å². The molecule has 0 saturated carbocycles. The molecule has 1 atom stereocenters. The Morgan fingerprint density at radius 1 is 1.19 bits per heavy atom. The molecular weight excluding hydrogens is 202 g/mol. The molecule has 0 aromatic heterocycles. The van der Waals surface area contributed by atoms with Gasteiger partial charge in [0.15, 0.2) is 0 Å². The third-order valence-electron chi connectivity index (χ3n) is 2.51. The zero-order valence-electron chi connectivity index (χ0n) is 11.4. The van der Waals surface area contributed by atoms with E-state index in [0.717, 1.165) is 0 Å². The predicted octanol–water partition coefficient (Wildman–Crippen LogP) is 2.61. The molecule has 0 heterocycles. The standard InChI is InChI=1S/C13H25NO2/c1-9(2)13(15)16-8-12(7)14(10(3)4)11(5)6/h10-12H,1,8H2,2-7H3. The van der Waals surface area contributed by atoms with E-state index in [1.807, 2.05) is 0 Å². The highest BCUT2D eigenvalue weighted by atomic mass is 16.5. The summed E-state index contributed by atoms with van der Waals surface area (Å²) >= 11 is 0. The molecular formula is C13H25NO2. The van der Waals surface area contributed by atoms with Crippen LogP contribution in [0.25, 0.3) is 0 Å². The maximum absolute atomic E-state index is 11.3. The zero-order chi connectivity index (χ0) is 12.9. The molecule has 94 valence electrons. The first-order valence-electron chi connectivity index (χ1n) is 5.87. The Hall–Kier alpha value is -0.830. The fourth-order valence-corrected chi connectivity index (χ4v) is 2.02. The molecule has 3 nitrogen and oxygen atoms in total. The summed E-state index contributed by atoms with van der Waals surface area (Å²) in [5.41, 5.74) is 0.452. The number of ether oxygens (including phenoxy) is 1. The van der Waals surface area contributed by atoms with Crippen molar-refractivity contribution >= 4 is 5.97 Å². The number of rotatable bonds is 6. The fourth-order valence-electron chi connectivity index (χ4n) is 2.02. The lowest BCUT2D eigenvalue weighted by Crippen LogP contribution is -2.46. The number of nitrogens with zero attached hydrogens (tertiary/aromatic N) is 1. The molecule has 0 radical (unpaired) electrons. The second-order valence-corrected chi connectivity index (χ2v) is 4.86. The summed E-state index contributed by atoms with van der Waals surface area (Å²) in [7, 11) is 0. The van der Waals surface area contributed by atoms with Gasteiger partial charge in [0.25, 0.3) is 0 Å². The lowest BCUT2D eigenvalue weighted by Gasteiger charge is -2.35. The molecule has 0 fully saturated rings. The molecule has 0 aliphatic heterocycles. The van der Waals surface area contributed by atoms with E-state index in [1.54, 1.807) is 6.92 Å². The smallest absolute Gasteiger partial charge is 0.333 e. The quantitative estimate of drug-likeness (QED) is 0.516. The number of esters is 1. The van der Waals surface area contributed by atoms with Crippen LogP contribution < -0.4 is 0 Å². The second kappa shape index (κ2) is 6.69. The second-order valence-electron chi connectivity index (χ2n) is 4.86. The molecule has 0 spiro atoms. The van der Waals surface area contributed by atoms with Gasteiger partial charge in [0.1, 0.15) is 6.61 Å². The Bertz CT molecular complexity index is 238. The van der Waals surface area contributed by atoms with Gasteiger partial charge >= 0.3 is 5.97 Å². The average Bonchev–Trinajstić information content (AvgIpc) is 2.12. The van der Waals surface area contributed by atoms with Crippen molar-refractivity contribution in [1.29, 1.82) is 0 Å². The lowest BCUT2D eigenvalue weighted by atomic mass is 10.1. The summed E-state index contributed by atoms with van der Waals surface area (Å²) in [4.78, 5) is 13.6. The van der Waals surface area contributed by atoms with E-state index in [-0.39, 0.29) is 12.0 Å². The molecule has 0 aliphatic rings. The summed E-state index contributed by atoms with van der Waals surface area (Å²) in [6.45, 7) is 16.3. The minimum Gasteiger partial charge on any atom is -0.461 e. The van der Waals surface area contributed by atoms with Crippen LogP contribution in [0.4, 0.5) is 0 Å². The summed E-state index contributed by atoms with van der Waals surface area (Å²) in [6, 6.07) is 1.11. The Balaban J connectivity index is 4.27. The monoisotopic (exact) mass is 227 g/mol. The van der Waals surface area contributed by atoms with E-state index < -0.39 is 0 Å². The Morgan fingerprint density at radius 2 is 1.62 bits per heavy atom. The highest BCUT2D eigenvalue weighted by Gasteiger charge is 2.21. The van der Waals surface area contributed by atoms with Crippen molar-refractivity contribution in [2.24, 2.45) is 0 Å². The van der Waals surface area contributed by atoms with Crippen molar-refractivity contribution in [3.8, 4) is 0 Å². The highest BCUT2D eigenvalue weighted by Crippen LogP contribution is 2.11. The van der Waals surface area contributed by atoms with Gasteiger partial charge in [-0.15, -0.1) is 0 Å². The van der Waals surface area contributed by atoms with Gasteiger partial charge in [0.05, 0.1) is 0 Å². The summed E-state index contributed by atoms with van der Waals surface area (Å²) in [5.74, 6) is -0.306. The molecule has 0 bridgehead atoms. The number of hydrogen-bond donors (Lipinski definition) is 0. The number of carbonyl (C=O) groups is 1. The Morgan fingerprint density at radius 3 is 1.94 bits per heavy atom. The van der Waals surface area contributed by atoms with E-state index in [1.165, 1.54) is 0 Å². The third kappa shape index (κ3) is 4.79. The minimum absolute atomic E-state index is 0.225. The largest absolute Gasteiger partial charge is 0.461 e. The van der Waals surface area contributed by atoms with E-state index in [2.05, 4.69) is 46.1 Å². The van der Waals surface area contributed by atoms with Gasteiger partial charge in [-0.1, -0.05) is 6.58 Å². The maximum Gasteiger partial charge on any atom is 0.333 e. The van der Waals surface area contributed by atoms with Crippen molar-refractivity contribution in [1.82, 2.24) is 4.90 Å². The van der Waals surface area contributed by atoms with Gasteiger partial charge < -0.3 is 4.74 Å². The van der Waals surface area contributed by atoms with E-state index in [4.69, 9.17) is 4.74 Å². The molecule has 0 rings (SSSR count). The first-order chi connectivity index (χ1) is 7.27. The van der Waals surface area contributed by atoms with Gasteiger partial charge in [-0.05, 0) is 41.5 Å². The van der Waals surface area contributed by atoms with Crippen LogP contribution >= 0.6 is 0 Å². The van der Waals surface area contributed by atoms with Crippen molar-refractivity contribution in [2.45, 2.75) is 59.7 Å². The van der Waals surface area contributed by atoms with Gasteiger partial charge in [-0.25, -0.2) is 4.79 Å². The average molecular weight is 227 g/mol. The SMILES string of the molecule is C=C(C)C(=O)OCC(C)N(C(C)C)C(C)C. The molecule has 0 aliphatic carbocycles. The van der Waals surface area contributed by atoms with Gasteiger partial charge in [0.2, 0.25) is 0 Å². The Labute approximate surface area is 99.5 Å². The summed E-state index contributed by atoms with van der Waals surface area (Å²) in [5, 5.41) is 0. The minimum atomic E-state index is -0.306. The van der Waals surface area contributed by atoms with E-state index >= 15 is 0 Å². The normalized spacial score (nSPS) is 13.3. The zero-order valence-corrected chi connectivity index (χ0v) is 11.4. The van der Waals surface area contributed by atoms with Crippen molar-refractivity contribution in [2.75, 3.05) is 6.61 Å². The number of carbonyl (C=O) groups excluding carboxylic acids is 1. The topological polar surface area (TPSA) is 29.5 Å². The van der Waals surface area contributed by atoms with Crippen molar-refractivity contribution < 1.29 is 9.53 Å². The summed E-state index contributed by atoms with van der Waals surface area (Å²) < 4.78 is 5.17. The molecule has 0 saturated heterocycles. The van der Waals surface area contributed by atoms with Crippen LogP contribution in [0.5, 0.6) is 0 Å². The fraction of sp³-hybridized carbons (Fsp3) is 0.769.